The summed E-state index contributed by atoms with van der Waals surface area (Å²) >= 11 is 0. The molecule has 3 rings (SSSR count). The van der Waals surface area contributed by atoms with Crippen LogP contribution in [0.25, 0.3) is 0 Å². The lowest BCUT2D eigenvalue weighted by Crippen LogP contribution is -2.44. The summed E-state index contributed by atoms with van der Waals surface area (Å²) in [7, 11) is 1.76. The van der Waals surface area contributed by atoms with E-state index in [1.54, 1.807) is 28.8 Å². The third-order valence-electron chi connectivity index (χ3n) is 4.56. The molecule has 124 valence electrons. The van der Waals surface area contributed by atoms with Crippen molar-refractivity contribution in [2.45, 2.75) is 25.4 Å². The quantitative estimate of drug-likeness (QED) is 0.887. The number of nitrogens with zero attached hydrogens (tertiary/aromatic N) is 3. The maximum absolute atomic E-state index is 13.1. The number of hydrogen-bond acceptors (Lipinski definition) is 3. The number of benzene rings is 1. The van der Waals surface area contributed by atoms with E-state index in [1.807, 2.05) is 30.3 Å². The van der Waals surface area contributed by atoms with Crippen molar-refractivity contribution in [1.29, 1.82) is 5.26 Å². The predicted octanol–water partition coefficient (Wildman–Crippen LogP) is 2.31. The minimum atomic E-state index is -0.182. The normalized spacial score (nSPS) is 14.9. The average molecular weight is 323 g/mol. The number of carbonyl (C=O) groups excluding carboxylic acids is 1. The molecule has 1 amide bonds. The first-order valence-corrected chi connectivity index (χ1v) is 8.16. The van der Waals surface area contributed by atoms with Gasteiger partial charge in [0.15, 0.2) is 0 Å². The molecule has 24 heavy (non-hydrogen) atoms. The summed E-state index contributed by atoms with van der Waals surface area (Å²) in [5, 5.41) is 18.9. The Bertz CT molecular complexity index is 757. The van der Waals surface area contributed by atoms with E-state index in [2.05, 4.69) is 6.07 Å². The smallest absolute Gasteiger partial charge is 0.271 e. The summed E-state index contributed by atoms with van der Waals surface area (Å²) in [6, 6.07) is 13.3. The molecule has 5 heteroatoms. The van der Waals surface area contributed by atoms with Gasteiger partial charge in [0, 0.05) is 19.8 Å². The van der Waals surface area contributed by atoms with Gasteiger partial charge < -0.3 is 14.6 Å². The van der Waals surface area contributed by atoms with E-state index in [1.165, 1.54) is 0 Å². The highest BCUT2D eigenvalue weighted by molar-refractivity contribution is 5.93. The van der Waals surface area contributed by atoms with Gasteiger partial charge in [-0.2, -0.15) is 5.26 Å². The summed E-state index contributed by atoms with van der Waals surface area (Å²) < 4.78 is 1.68. The maximum atomic E-state index is 13.1. The zero-order chi connectivity index (χ0) is 17.1. The molecule has 5 nitrogen and oxygen atoms in total. The minimum Gasteiger partial charge on any atom is -0.394 e. The molecular formula is C19H21N3O2. The van der Waals surface area contributed by atoms with Crippen LogP contribution in [-0.2, 0) is 13.6 Å². The van der Waals surface area contributed by atoms with Crippen LogP contribution < -0.4 is 0 Å². The first-order chi connectivity index (χ1) is 11.6. The van der Waals surface area contributed by atoms with E-state index in [0.717, 1.165) is 18.4 Å². The van der Waals surface area contributed by atoms with Gasteiger partial charge in [0.05, 0.1) is 18.2 Å². The molecule has 0 bridgehead atoms. The SMILES string of the molecule is Cn1cc(C#N)cc1C(=O)N(Cc1ccccc1)C(CO)C1CC1. The lowest BCUT2D eigenvalue weighted by molar-refractivity contribution is 0.0522. The molecule has 1 heterocycles. The van der Waals surface area contributed by atoms with Crippen molar-refractivity contribution in [3.63, 3.8) is 0 Å². The summed E-state index contributed by atoms with van der Waals surface area (Å²) in [6.45, 7) is 0.410. The third-order valence-corrected chi connectivity index (χ3v) is 4.56. The molecule has 1 aliphatic rings. The van der Waals surface area contributed by atoms with Crippen LogP contribution in [0.1, 0.15) is 34.5 Å². The van der Waals surface area contributed by atoms with Crippen LogP contribution in [0, 0.1) is 17.2 Å². The Hall–Kier alpha value is -2.58. The topological polar surface area (TPSA) is 69.3 Å². The number of hydrogen-bond donors (Lipinski definition) is 1. The Kier molecular flexibility index (Phi) is 4.68. The summed E-state index contributed by atoms with van der Waals surface area (Å²) in [5.74, 6) is 0.215. The van der Waals surface area contributed by atoms with Crippen LogP contribution >= 0.6 is 0 Å². The Morgan fingerprint density at radius 3 is 2.67 bits per heavy atom. The van der Waals surface area contributed by atoms with Gasteiger partial charge in [0.2, 0.25) is 0 Å². The van der Waals surface area contributed by atoms with Crippen molar-refractivity contribution in [3.8, 4) is 6.07 Å². The van der Waals surface area contributed by atoms with Gasteiger partial charge in [-0.3, -0.25) is 4.79 Å². The zero-order valence-corrected chi connectivity index (χ0v) is 13.7. The zero-order valence-electron chi connectivity index (χ0n) is 13.7. The Morgan fingerprint density at radius 1 is 1.42 bits per heavy atom. The van der Waals surface area contributed by atoms with Gasteiger partial charge in [-0.05, 0) is 30.4 Å². The van der Waals surface area contributed by atoms with Crippen LogP contribution in [0.5, 0.6) is 0 Å². The molecule has 0 saturated heterocycles. The second kappa shape index (κ2) is 6.90. The van der Waals surface area contributed by atoms with E-state index in [0.29, 0.717) is 23.7 Å². The Labute approximate surface area is 141 Å². The number of nitriles is 1. The molecule has 1 atom stereocenters. The van der Waals surface area contributed by atoms with Gasteiger partial charge in [0.1, 0.15) is 11.8 Å². The van der Waals surface area contributed by atoms with Crippen LogP contribution in [0.3, 0.4) is 0 Å². The number of amides is 1. The number of aliphatic hydroxyl groups excluding tert-OH is 1. The lowest BCUT2D eigenvalue weighted by atomic mass is 10.1. The highest BCUT2D eigenvalue weighted by atomic mass is 16.3. The van der Waals surface area contributed by atoms with Gasteiger partial charge >= 0.3 is 0 Å². The average Bonchev–Trinajstić information content (AvgIpc) is 3.36. The van der Waals surface area contributed by atoms with Gasteiger partial charge in [0.25, 0.3) is 5.91 Å². The maximum Gasteiger partial charge on any atom is 0.271 e. The largest absolute Gasteiger partial charge is 0.394 e. The van der Waals surface area contributed by atoms with Crippen molar-refractivity contribution >= 4 is 5.91 Å². The van der Waals surface area contributed by atoms with Gasteiger partial charge in [-0.1, -0.05) is 30.3 Å². The molecule has 2 aromatic rings. The lowest BCUT2D eigenvalue weighted by Gasteiger charge is -2.31. The van der Waals surface area contributed by atoms with Crippen LogP contribution in [0.4, 0.5) is 0 Å². The fraction of sp³-hybridized carbons (Fsp3) is 0.368. The Balaban J connectivity index is 1.92. The second-order valence-electron chi connectivity index (χ2n) is 6.34. The predicted molar refractivity (Wildman–Crippen MR) is 90.0 cm³/mol. The molecule has 1 aliphatic carbocycles. The van der Waals surface area contributed by atoms with E-state index >= 15 is 0 Å². The fourth-order valence-electron chi connectivity index (χ4n) is 3.09. The highest BCUT2D eigenvalue weighted by Crippen LogP contribution is 2.36. The Morgan fingerprint density at radius 2 is 2.12 bits per heavy atom. The summed E-state index contributed by atoms with van der Waals surface area (Å²) in [4.78, 5) is 14.9. The molecule has 1 N–H and O–H groups in total. The van der Waals surface area contributed by atoms with Crippen LogP contribution in [0.2, 0.25) is 0 Å². The molecule has 1 unspecified atom stereocenters. The first-order valence-electron chi connectivity index (χ1n) is 8.16. The molecular weight excluding hydrogens is 302 g/mol. The van der Waals surface area contributed by atoms with Crippen molar-refractivity contribution in [3.05, 3.63) is 59.4 Å². The standard InChI is InChI=1S/C19H21N3O2/c1-21-11-15(10-20)9-17(21)19(24)22(18(13-23)16-7-8-16)12-14-5-3-2-4-6-14/h2-6,9,11,16,18,23H,7-8,12-13H2,1H3. The number of aromatic nitrogens is 1. The van der Waals surface area contributed by atoms with Crippen molar-refractivity contribution in [2.75, 3.05) is 6.61 Å². The van der Waals surface area contributed by atoms with Crippen LogP contribution in [0.15, 0.2) is 42.6 Å². The molecule has 0 spiro atoms. The van der Waals surface area contributed by atoms with Crippen molar-refractivity contribution in [2.24, 2.45) is 13.0 Å². The number of rotatable bonds is 6. The second-order valence-corrected chi connectivity index (χ2v) is 6.34. The van der Waals surface area contributed by atoms with Crippen molar-refractivity contribution < 1.29 is 9.90 Å². The minimum absolute atomic E-state index is 0.0429. The summed E-state index contributed by atoms with van der Waals surface area (Å²) in [5.41, 5.74) is 1.97. The monoisotopic (exact) mass is 323 g/mol. The van der Waals surface area contributed by atoms with Gasteiger partial charge in [-0.15, -0.1) is 0 Å². The van der Waals surface area contributed by atoms with E-state index in [9.17, 15) is 9.90 Å². The molecule has 1 aromatic heterocycles. The van der Waals surface area contributed by atoms with E-state index in [-0.39, 0.29) is 18.6 Å². The van der Waals surface area contributed by atoms with Crippen molar-refractivity contribution in [1.82, 2.24) is 9.47 Å². The number of aliphatic hydroxyl groups is 1. The highest BCUT2D eigenvalue weighted by Gasteiger charge is 2.37. The molecule has 0 aliphatic heterocycles. The van der Waals surface area contributed by atoms with Crippen LogP contribution in [-0.4, -0.2) is 33.1 Å². The molecule has 1 saturated carbocycles. The first kappa shape index (κ1) is 16.3. The van der Waals surface area contributed by atoms with Gasteiger partial charge in [-0.25, -0.2) is 0 Å². The third kappa shape index (κ3) is 3.34. The molecule has 0 radical (unpaired) electrons. The number of carbonyl (C=O) groups is 1. The molecule has 1 aromatic carbocycles. The van der Waals surface area contributed by atoms with E-state index in [4.69, 9.17) is 5.26 Å². The number of aryl methyl sites for hydroxylation is 1. The fourth-order valence-corrected chi connectivity index (χ4v) is 3.09. The molecule has 1 fully saturated rings. The van der Waals surface area contributed by atoms with E-state index < -0.39 is 0 Å². The summed E-state index contributed by atoms with van der Waals surface area (Å²) in [6.07, 6.45) is 3.74.